The summed E-state index contributed by atoms with van der Waals surface area (Å²) in [4.78, 5) is 12.3. The molecule has 0 aliphatic rings. The zero-order valence-electron chi connectivity index (χ0n) is 12.3. The van der Waals surface area contributed by atoms with Crippen molar-refractivity contribution in [3.8, 4) is 11.3 Å². The van der Waals surface area contributed by atoms with Gasteiger partial charge in [0.05, 0.1) is 5.69 Å². The molecule has 0 aliphatic heterocycles. The number of benzene rings is 2. The molecule has 0 aliphatic carbocycles. The smallest absolute Gasteiger partial charge is 0.273 e. The Labute approximate surface area is 131 Å². The van der Waals surface area contributed by atoms with E-state index in [0.717, 1.165) is 0 Å². The quantitative estimate of drug-likeness (QED) is 0.803. The predicted octanol–water partition coefficient (Wildman–Crippen LogP) is 3.62. The molecule has 2 aromatic carbocycles. The summed E-state index contributed by atoms with van der Waals surface area (Å²) >= 11 is 0. The number of halogens is 2. The molecule has 1 N–H and O–H groups in total. The highest BCUT2D eigenvalue weighted by molar-refractivity contribution is 6.03. The van der Waals surface area contributed by atoms with Crippen molar-refractivity contribution < 1.29 is 13.6 Å². The molecule has 116 valence electrons. The van der Waals surface area contributed by atoms with Crippen LogP contribution in [0.15, 0.2) is 54.6 Å². The third-order valence-electron chi connectivity index (χ3n) is 3.35. The predicted molar refractivity (Wildman–Crippen MR) is 83.0 cm³/mol. The molecule has 1 amide bonds. The highest BCUT2D eigenvalue weighted by Crippen LogP contribution is 2.20. The van der Waals surface area contributed by atoms with Gasteiger partial charge in [0.2, 0.25) is 0 Å². The second kappa shape index (κ2) is 6.00. The number of carbonyl (C=O) groups is 1. The highest BCUT2D eigenvalue weighted by atomic mass is 19.1. The summed E-state index contributed by atoms with van der Waals surface area (Å²) in [7, 11) is 1.65. The summed E-state index contributed by atoms with van der Waals surface area (Å²) in [5, 5.41) is 6.93. The van der Waals surface area contributed by atoms with Crippen molar-refractivity contribution in [3.63, 3.8) is 0 Å². The number of hydrogen-bond acceptors (Lipinski definition) is 2. The lowest BCUT2D eigenvalue weighted by Gasteiger charge is -2.04. The first-order chi connectivity index (χ1) is 11.0. The Hall–Kier alpha value is -3.02. The van der Waals surface area contributed by atoms with Crippen LogP contribution >= 0.6 is 0 Å². The van der Waals surface area contributed by atoms with E-state index in [4.69, 9.17) is 0 Å². The maximum atomic E-state index is 13.0. The Bertz CT molecular complexity index is 839. The number of nitrogens with zero attached hydrogens (tertiary/aromatic N) is 2. The van der Waals surface area contributed by atoms with Gasteiger partial charge in [0, 0.05) is 18.3 Å². The maximum Gasteiger partial charge on any atom is 0.273 e. The van der Waals surface area contributed by atoms with Crippen LogP contribution in [-0.2, 0) is 7.05 Å². The van der Waals surface area contributed by atoms with E-state index in [1.54, 1.807) is 25.2 Å². The molecule has 4 nitrogen and oxygen atoms in total. The first kappa shape index (κ1) is 14.9. The van der Waals surface area contributed by atoms with Gasteiger partial charge in [-0.05, 0) is 54.6 Å². The lowest BCUT2D eigenvalue weighted by atomic mass is 10.1. The van der Waals surface area contributed by atoms with Crippen LogP contribution in [0.3, 0.4) is 0 Å². The topological polar surface area (TPSA) is 46.9 Å². The molecule has 1 aromatic heterocycles. The van der Waals surface area contributed by atoms with E-state index in [-0.39, 0.29) is 17.5 Å². The van der Waals surface area contributed by atoms with Gasteiger partial charge < -0.3 is 5.32 Å². The van der Waals surface area contributed by atoms with Crippen LogP contribution in [-0.4, -0.2) is 15.7 Å². The molecule has 0 unspecified atom stereocenters. The fourth-order valence-electron chi connectivity index (χ4n) is 2.17. The number of anilines is 1. The molecule has 0 radical (unpaired) electrons. The summed E-state index contributed by atoms with van der Waals surface area (Å²) in [5.41, 5.74) is 2.11. The van der Waals surface area contributed by atoms with Crippen LogP contribution in [0.1, 0.15) is 10.5 Å². The number of amides is 1. The van der Waals surface area contributed by atoms with Crippen molar-refractivity contribution >= 4 is 11.6 Å². The molecule has 0 atom stereocenters. The van der Waals surface area contributed by atoms with Gasteiger partial charge >= 0.3 is 0 Å². The zero-order valence-corrected chi connectivity index (χ0v) is 12.3. The third-order valence-corrected chi connectivity index (χ3v) is 3.35. The highest BCUT2D eigenvalue weighted by Gasteiger charge is 2.14. The van der Waals surface area contributed by atoms with E-state index in [9.17, 15) is 13.6 Å². The molecule has 1 heterocycles. The SMILES string of the molecule is Cn1nc(-c2ccc(F)cc2)cc1C(=O)Nc1ccc(F)cc1. The minimum Gasteiger partial charge on any atom is -0.321 e. The molecule has 23 heavy (non-hydrogen) atoms. The minimum atomic E-state index is -0.373. The van der Waals surface area contributed by atoms with Crippen LogP contribution in [0.25, 0.3) is 11.3 Å². The van der Waals surface area contributed by atoms with Crippen molar-refractivity contribution in [2.75, 3.05) is 5.32 Å². The van der Waals surface area contributed by atoms with Crippen molar-refractivity contribution in [2.45, 2.75) is 0 Å². The van der Waals surface area contributed by atoms with E-state index in [2.05, 4.69) is 10.4 Å². The fraction of sp³-hybridized carbons (Fsp3) is 0.0588. The molecule has 6 heteroatoms. The van der Waals surface area contributed by atoms with Gasteiger partial charge in [-0.3, -0.25) is 9.48 Å². The molecule has 0 bridgehead atoms. The number of nitrogens with one attached hydrogen (secondary N) is 1. The molecular weight excluding hydrogens is 300 g/mol. The molecule has 0 saturated carbocycles. The summed E-state index contributed by atoms with van der Waals surface area (Å²) in [6, 6.07) is 13.0. The number of aromatic nitrogens is 2. The van der Waals surface area contributed by atoms with E-state index in [1.807, 2.05) is 0 Å². The maximum absolute atomic E-state index is 13.0. The average molecular weight is 313 g/mol. The van der Waals surface area contributed by atoms with E-state index in [0.29, 0.717) is 22.6 Å². The van der Waals surface area contributed by atoms with Crippen LogP contribution in [0, 0.1) is 11.6 Å². The van der Waals surface area contributed by atoms with Gasteiger partial charge in [-0.25, -0.2) is 8.78 Å². The minimum absolute atomic E-state index is 0.334. The lowest BCUT2D eigenvalue weighted by molar-refractivity contribution is 0.101. The van der Waals surface area contributed by atoms with E-state index in [1.165, 1.54) is 41.1 Å². The van der Waals surface area contributed by atoms with Crippen LogP contribution < -0.4 is 5.32 Å². The number of rotatable bonds is 3. The second-order valence-electron chi connectivity index (χ2n) is 5.01. The lowest BCUT2D eigenvalue weighted by Crippen LogP contribution is -2.15. The van der Waals surface area contributed by atoms with Crippen LogP contribution in [0.5, 0.6) is 0 Å². The van der Waals surface area contributed by atoms with Crippen molar-refractivity contribution in [3.05, 3.63) is 71.9 Å². The van der Waals surface area contributed by atoms with Gasteiger partial charge in [-0.15, -0.1) is 0 Å². The van der Waals surface area contributed by atoms with Gasteiger partial charge in [0.25, 0.3) is 5.91 Å². The monoisotopic (exact) mass is 313 g/mol. The molecule has 0 spiro atoms. The molecular formula is C17H13F2N3O. The second-order valence-corrected chi connectivity index (χ2v) is 5.01. The van der Waals surface area contributed by atoms with Crippen LogP contribution in [0.4, 0.5) is 14.5 Å². The fourth-order valence-corrected chi connectivity index (χ4v) is 2.17. The first-order valence-electron chi connectivity index (χ1n) is 6.90. The number of aryl methyl sites for hydroxylation is 1. The average Bonchev–Trinajstić information content (AvgIpc) is 2.92. The molecule has 0 saturated heterocycles. The Morgan fingerprint density at radius 3 is 2.17 bits per heavy atom. The summed E-state index contributed by atoms with van der Waals surface area (Å²) in [6.07, 6.45) is 0. The Kier molecular flexibility index (Phi) is 3.89. The summed E-state index contributed by atoms with van der Waals surface area (Å²) < 4.78 is 27.3. The first-order valence-corrected chi connectivity index (χ1v) is 6.90. The normalized spacial score (nSPS) is 10.6. The molecule has 3 rings (SSSR count). The van der Waals surface area contributed by atoms with Gasteiger partial charge in [-0.2, -0.15) is 5.10 Å². The van der Waals surface area contributed by atoms with Crippen molar-refractivity contribution in [1.29, 1.82) is 0 Å². The van der Waals surface area contributed by atoms with Crippen molar-refractivity contribution in [2.24, 2.45) is 7.05 Å². The summed E-state index contributed by atoms with van der Waals surface area (Å²) in [6.45, 7) is 0. The van der Waals surface area contributed by atoms with Crippen LogP contribution in [0.2, 0.25) is 0 Å². The Balaban J connectivity index is 1.84. The Morgan fingerprint density at radius 2 is 1.57 bits per heavy atom. The third kappa shape index (κ3) is 3.26. The van der Waals surface area contributed by atoms with Gasteiger partial charge in [-0.1, -0.05) is 0 Å². The largest absolute Gasteiger partial charge is 0.321 e. The Morgan fingerprint density at radius 1 is 1.00 bits per heavy atom. The number of hydrogen-bond donors (Lipinski definition) is 1. The number of carbonyl (C=O) groups excluding carboxylic acids is 1. The summed E-state index contributed by atoms with van der Waals surface area (Å²) in [5.74, 6) is -1.07. The van der Waals surface area contributed by atoms with E-state index < -0.39 is 0 Å². The van der Waals surface area contributed by atoms with E-state index >= 15 is 0 Å². The molecule has 0 fully saturated rings. The standard InChI is InChI=1S/C17H13F2N3O/c1-22-16(17(23)20-14-8-6-13(19)7-9-14)10-15(21-22)11-2-4-12(18)5-3-11/h2-10H,1H3,(H,20,23). The zero-order chi connectivity index (χ0) is 16.4. The van der Waals surface area contributed by atoms with Gasteiger partial charge in [0.1, 0.15) is 17.3 Å². The molecule has 3 aromatic rings. The van der Waals surface area contributed by atoms with Crippen molar-refractivity contribution in [1.82, 2.24) is 9.78 Å². The van der Waals surface area contributed by atoms with Gasteiger partial charge in [0.15, 0.2) is 0 Å².